The second-order valence-electron chi connectivity index (χ2n) is 6.25. The molecule has 0 N–H and O–H groups in total. The van der Waals surface area contributed by atoms with Crippen LogP contribution in [0.25, 0.3) is 11.1 Å². The van der Waals surface area contributed by atoms with Crippen LogP contribution in [-0.2, 0) is 0 Å². The fourth-order valence-electron chi connectivity index (χ4n) is 3.72. The van der Waals surface area contributed by atoms with Gasteiger partial charge in [0.2, 0.25) is 0 Å². The number of piperidine rings is 1. The molecular formula is C18H23N. The Morgan fingerprint density at radius 1 is 1.37 bits per heavy atom. The number of allylic oxidation sites excluding steroid dienone is 2. The number of hydrogen-bond donors (Lipinski definition) is 0. The van der Waals surface area contributed by atoms with Crippen LogP contribution in [0.1, 0.15) is 31.4 Å². The van der Waals surface area contributed by atoms with Gasteiger partial charge >= 0.3 is 0 Å². The van der Waals surface area contributed by atoms with Gasteiger partial charge in [0.05, 0.1) is 0 Å². The molecule has 1 aromatic rings. The fourth-order valence-corrected chi connectivity index (χ4v) is 3.72. The molecule has 1 aliphatic heterocycles. The number of likely N-dealkylation sites (tertiary alicyclic amines) is 1. The van der Waals surface area contributed by atoms with Crippen molar-refractivity contribution in [3.8, 4) is 0 Å². The van der Waals surface area contributed by atoms with Gasteiger partial charge in [-0.25, -0.2) is 0 Å². The molecule has 0 amide bonds. The van der Waals surface area contributed by atoms with E-state index in [0.29, 0.717) is 5.41 Å². The van der Waals surface area contributed by atoms with E-state index in [1.54, 1.807) is 0 Å². The van der Waals surface area contributed by atoms with Gasteiger partial charge in [0, 0.05) is 18.5 Å². The molecule has 2 aliphatic rings. The van der Waals surface area contributed by atoms with E-state index in [-0.39, 0.29) is 0 Å². The van der Waals surface area contributed by atoms with Crippen molar-refractivity contribution in [1.29, 1.82) is 0 Å². The molecule has 1 heterocycles. The van der Waals surface area contributed by atoms with Crippen LogP contribution >= 0.6 is 0 Å². The van der Waals surface area contributed by atoms with Crippen molar-refractivity contribution in [3.05, 3.63) is 48.0 Å². The zero-order valence-corrected chi connectivity index (χ0v) is 12.2. The summed E-state index contributed by atoms with van der Waals surface area (Å²) in [5, 5.41) is 0. The van der Waals surface area contributed by atoms with E-state index in [4.69, 9.17) is 0 Å². The molecule has 100 valence electrons. The van der Waals surface area contributed by atoms with Gasteiger partial charge in [-0.3, -0.25) is 0 Å². The molecule has 1 heteroatoms. The van der Waals surface area contributed by atoms with E-state index in [9.17, 15) is 0 Å². The van der Waals surface area contributed by atoms with E-state index in [2.05, 4.69) is 62.7 Å². The Morgan fingerprint density at radius 2 is 2.05 bits per heavy atom. The standard InChI is InChI=1S/C18H23N/c1-5-13(2)16-8-6-7-9-17(16)14(3)18-10-15(18)11-19(4)12-18/h5-9,15H,3,10-12H2,1-2,4H3/b13-5-. The zero-order valence-electron chi connectivity index (χ0n) is 12.2. The first-order chi connectivity index (χ1) is 9.08. The number of hydrogen-bond acceptors (Lipinski definition) is 1. The van der Waals surface area contributed by atoms with E-state index < -0.39 is 0 Å². The first kappa shape index (κ1) is 12.7. The molecule has 1 aliphatic carbocycles. The predicted molar refractivity (Wildman–Crippen MR) is 82.8 cm³/mol. The van der Waals surface area contributed by atoms with E-state index >= 15 is 0 Å². The monoisotopic (exact) mass is 253 g/mol. The Kier molecular flexibility index (Phi) is 2.90. The second-order valence-corrected chi connectivity index (χ2v) is 6.25. The Morgan fingerprint density at radius 3 is 2.63 bits per heavy atom. The molecule has 19 heavy (non-hydrogen) atoms. The van der Waals surface area contributed by atoms with Crippen LogP contribution in [-0.4, -0.2) is 25.0 Å². The largest absolute Gasteiger partial charge is 0.305 e. The third kappa shape index (κ3) is 1.88. The highest BCUT2D eigenvalue weighted by atomic mass is 15.2. The number of nitrogens with zero attached hydrogens (tertiary/aromatic N) is 1. The summed E-state index contributed by atoms with van der Waals surface area (Å²) >= 11 is 0. The molecule has 1 saturated carbocycles. The SMILES string of the molecule is C=C(c1ccccc1/C(C)=C\C)C12CC1CN(C)C2. The highest BCUT2D eigenvalue weighted by Gasteiger charge is 2.60. The van der Waals surface area contributed by atoms with Crippen LogP contribution in [0.4, 0.5) is 0 Å². The fraction of sp³-hybridized carbons (Fsp3) is 0.444. The third-order valence-corrected chi connectivity index (χ3v) is 5.03. The van der Waals surface area contributed by atoms with Crippen molar-refractivity contribution in [1.82, 2.24) is 4.90 Å². The van der Waals surface area contributed by atoms with Crippen LogP contribution < -0.4 is 0 Å². The van der Waals surface area contributed by atoms with Gasteiger partial charge in [-0.05, 0) is 55.5 Å². The van der Waals surface area contributed by atoms with Crippen LogP contribution in [0.2, 0.25) is 0 Å². The molecule has 2 atom stereocenters. The van der Waals surface area contributed by atoms with E-state index in [1.165, 1.54) is 41.8 Å². The molecule has 2 unspecified atom stereocenters. The van der Waals surface area contributed by atoms with Crippen molar-refractivity contribution in [2.24, 2.45) is 11.3 Å². The lowest BCUT2D eigenvalue weighted by atomic mass is 9.85. The molecular weight excluding hydrogens is 230 g/mol. The summed E-state index contributed by atoms with van der Waals surface area (Å²) in [5.41, 5.74) is 5.79. The molecule has 1 saturated heterocycles. The summed E-state index contributed by atoms with van der Waals surface area (Å²) in [5.74, 6) is 0.837. The average molecular weight is 253 g/mol. The Hall–Kier alpha value is -1.34. The topological polar surface area (TPSA) is 3.24 Å². The highest BCUT2D eigenvalue weighted by Crippen LogP contribution is 2.64. The van der Waals surface area contributed by atoms with Gasteiger partial charge in [-0.15, -0.1) is 0 Å². The summed E-state index contributed by atoms with van der Waals surface area (Å²) < 4.78 is 0. The van der Waals surface area contributed by atoms with Gasteiger partial charge in [-0.1, -0.05) is 36.9 Å². The normalized spacial score (nSPS) is 30.3. The van der Waals surface area contributed by atoms with Gasteiger partial charge in [0.25, 0.3) is 0 Å². The van der Waals surface area contributed by atoms with Crippen molar-refractivity contribution in [2.75, 3.05) is 20.1 Å². The van der Waals surface area contributed by atoms with Crippen molar-refractivity contribution < 1.29 is 0 Å². The Bertz CT molecular complexity index is 555. The molecule has 0 spiro atoms. The lowest BCUT2D eigenvalue weighted by Gasteiger charge is -2.21. The van der Waals surface area contributed by atoms with Crippen molar-refractivity contribution in [2.45, 2.75) is 20.3 Å². The van der Waals surface area contributed by atoms with Gasteiger partial charge in [-0.2, -0.15) is 0 Å². The van der Waals surface area contributed by atoms with Gasteiger partial charge in [0.15, 0.2) is 0 Å². The minimum absolute atomic E-state index is 0.374. The highest BCUT2D eigenvalue weighted by molar-refractivity contribution is 5.82. The number of benzene rings is 1. The van der Waals surface area contributed by atoms with Crippen LogP contribution in [0.3, 0.4) is 0 Å². The number of rotatable bonds is 3. The maximum Gasteiger partial charge on any atom is 0.0125 e. The van der Waals surface area contributed by atoms with E-state index in [0.717, 1.165) is 5.92 Å². The third-order valence-electron chi connectivity index (χ3n) is 5.03. The second kappa shape index (κ2) is 4.35. The van der Waals surface area contributed by atoms with E-state index in [1.807, 2.05) is 0 Å². The molecule has 0 aromatic heterocycles. The summed E-state index contributed by atoms with van der Waals surface area (Å²) in [6.07, 6.45) is 3.52. The maximum absolute atomic E-state index is 4.48. The van der Waals surface area contributed by atoms with Gasteiger partial charge in [0.1, 0.15) is 0 Å². The minimum Gasteiger partial charge on any atom is -0.305 e. The summed E-state index contributed by atoms with van der Waals surface area (Å²) in [4.78, 5) is 2.45. The van der Waals surface area contributed by atoms with Crippen LogP contribution in [0.5, 0.6) is 0 Å². The van der Waals surface area contributed by atoms with Crippen LogP contribution in [0, 0.1) is 11.3 Å². The number of fused-ring (bicyclic) bond motifs is 1. The zero-order chi connectivity index (χ0) is 13.6. The first-order valence-electron chi connectivity index (χ1n) is 7.19. The molecule has 0 bridgehead atoms. The Labute approximate surface area is 116 Å². The summed E-state index contributed by atoms with van der Waals surface area (Å²) in [7, 11) is 2.23. The maximum atomic E-state index is 4.48. The summed E-state index contributed by atoms with van der Waals surface area (Å²) in [6.45, 7) is 11.2. The lowest BCUT2D eigenvalue weighted by molar-refractivity contribution is 0.360. The quantitative estimate of drug-likeness (QED) is 0.784. The van der Waals surface area contributed by atoms with Crippen molar-refractivity contribution >= 4 is 11.1 Å². The Balaban J connectivity index is 1.98. The minimum atomic E-state index is 0.374. The molecule has 0 radical (unpaired) electrons. The lowest BCUT2D eigenvalue weighted by Crippen LogP contribution is -2.20. The molecule has 2 fully saturated rings. The first-order valence-corrected chi connectivity index (χ1v) is 7.19. The molecule has 1 nitrogen and oxygen atoms in total. The van der Waals surface area contributed by atoms with Gasteiger partial charge < -0.3 is 4.90 Å². The smallest absolute Gasteiger partial charge is 0.0125 e. The van der Waals surface area contributed by atoms with Crippen LogP contribution in [0.15, 0.2) is 36.9 Å². The van der Waals surface area contributed by atoms with Crippen molar-refractivity contribution in [3.63, 3.8) is 0 Å². The average Bonchev–Trinajstić information content (AvgIpc) is 3.00. The molecule has 1 aromatic carbocycles. The summed E-state index contributed by atoms with van der Waals surface area (Å²) in [6, 6.07) is 8.73. The molecule has 3 rings (SSSR count). The predicted octanol–water partition coefficient (Wildman–Crippen LogP) is 4.07.